The van der Waals surface area contributed by atoms with Crippen LogP contribution in [-0.2, 0) is 6.42 Å². The lowest BCUT2D eigenvalue weighted by atomic mass is 9.89. The molecular weight excluding hydrogens is 314 g/mol. The molecule has 0 fully saturated rings. The van der Waals surface area contributed by atoms with Gasteiger partial charge in [-0.15, -0.1) is 0 Å². The molecule has 106 valence electrons. The number of nitrogens with zero attached hydrogens (tertiary/aromatic N) is 2. The van der Waals surface area contributed by atoms with Gasteiger partial charge in [0.1, 0.15) is 5.82 Å². The van der Waals surface area contributed by atoms with Crippen molar-refractivity contribution in [2.75, 3.05) is 6.54 Å². The van der Waals surface area contributed by atoms with E-state index >= 15 is 0 Å². The monoisotopic (exact) mass is 333 g/mol. The molecule has 0 atom stereocenters. The zero-order valence-corrected chi connectivity index (χ0v) is 13.7. The number of rotatable bonds is 4. The molecule has 0 saturated carbocycles. The van der Waals surface area contributed by atoms with Crippen molar-refractivity contribution in [3.63, 3.8) is 0 Å². The van der Waals surface area contributed by atoms with E-state index in [0.717, 1.165) is 33.7 Å². The van der Waals surface area contributed by atoms with Gasteiger partial charge in [0.25, 0.3) is 0 Å². The third-order valence-corrected chi connectivity index (χ3v) is 3.76. The molecule has 0 unspecified atom stereocenters. The molecule has 2 aromatic rings. The van der Waals surface area contributed by atoms with Crippen molar-refractivity contribution in [3.8, 4) is 11.3 Å². The number of aryl methyl sites for hydroxylation is 1. The Hall–Kier alpha value is -1.26. The zero-order chi connectivity index (χ0) is 14.8. The molecule has 0 aliphatic rings. The van der Waals surface area contributed by atoms with E-state index in [4.69, 9.17) is 5.73 Å². The number of benzene rings is 1. The number of hydrogen-bond donors (Lipinski definition) is 1. The van der Waals surface area contributed by atoms with Crippen LogP contribution >= 0.6 is 15.9 Å². The molecule has 3 nitrogen and oxygen atoms in total. The van der Waals surface area contributed by atoms with E-state index in [1.807, 2.05) is 25.1 Å². The van der Waals surface area contributed by atoms with Gasteiger partial charge in [-0.25, -0.2) is 9.97 Å². The van der Waals surface area contributed by atoms with Gasteiger partial charge in [-0.05, 0) is 37.1 Å². The number of nitrogens with two attached hydrogens (primary N) is 1. The molecule has 0 saturated heterocycles. The summed E-state index contributed by atoms with van der Waals surface area (Å²) in [6.07, 6.45) is 0.786. The van der Waals surface area contributed by atoms with Crippen LogP contribution in [0.25, 0.3) is 11.3 Å². The standard InChI is InChI=1S/C16H20BrN3/c1-11-8-14(12-4-6-13(17)7-5-12)20-15(19-11)9-16(2,3)10-18/h4-8H,9-10,18H2,1-3H3. The van der Waals surface area contributed by atoms with Crippen molar-refractivity contribution in [1.82, 2.24) is 9.97 Å². The van der Waals surface area contributed by atoms with Gasteiger partial charge in [0, 0.05) is 22.2 Å². The summed E-state index contributed by atoms with van der Waals surface area (Å²) in [7, 11) is 0. The Morgan fingerprint density at radius 3 is 2.40 bits per heavy atom. The summed E-state index contributed by atoms with van der Waals surface area (Å²) in [6, 6.07) is 10.2. The van der Waals surface area contributed by atoms with Crippen LogP contribution in [0.1, 0.15) is 25.4 Å². The van der Waals surface area contributed by atoms with Crippen LogP contribution < -0.4 is 5.73 Å². The van der Waals surface area contributed by atoms with Gasteiger partial charge in [-0.3, -0.25) is 0 Å². The van der Waals surface area contributed by atoms with Gasteiger partial charge in [-0.2, -0.15) is 0 Å². The summed E-state index contributed by atoms with van der Waals surface area (Å²) in [6.45, 7) is 6.90. The summed E-state index contributed by atoms with van der Waals surface area (Å²) in [5, 5.41) is 0. The average molecular weight is 334 g/mol. The van der Waals surface area contributed by atoms with E-state index in [1.54, 1.807) is 0 Å². The molecule has 1 heterocycles. The molecule has 0 radical (unpaired) electrons. The Balaban J connectivity index is 2.36. The van der Waals surface area contributed by atoms with Crippen molar-refractivity contribution in [3.05, 3.63) is 46.3 Å². The van der Waals surface area contributed by atoms with E-state index in [2.05, 4.69) is 51.9 Å². The second-order valence-electron chi connectivity index (χ2n) is 5.86. The lowest BCUT2D eigenvalue weighted by Gasteiger charge is -2.21. The predicted octanol–water partition coefficient (Wildman–Crippen LogP) is 3.74. The zero-order valence-electron chi connectivity index (χ0n) is 12.2. The number of hydrogen-bond acceptors (Lipinski definition) is 3. The van der Waals surface area contributed by atoms with Gasteiger partial charge < -0.3 is 5.73 Å². The summed E-state index contributed by atoms with van der Waals surface area (Å²) >= 11 is 3.45. The van der Waals surface area contributed by atoms with Crippen molar-refractivity contribution < 1.29 is 0 Å². The third kappa shape index (κ3) is 3.87. The van der Waals surface area contributed by atoms with Crippen molar-refractivity contribution in [2.45, 2.75) is 27.2 Å². The van der Waals surface area contributed by atoms with Crippen LogP contribution in [0.4, 0.5) is 0 Å². The van der Waals surface area contributed by atoms with E-state index < -0.39 is 0 Å². The number of aromatic nitrogens is 2. The van der Waals surface area contributed by atoms with Gasteiger partial charge in [0.15, 0.2) is 0 Å². The topological polar surface area (TPSA) is 51.8 Å². The van der Waals surface area contributed by atoms with Crippen molar-refractivity contribution in [1.29, 1.82) is 0 Å². The minimum atomic E-state index is 0.0186. The lowest BCUT2D eigenvalue weighted by Crippen LogP contribution is -2.27. The Kier molecular flexibility index (Phi) is 4.55. The van der Waals surface area contributed by atoms with E-state index in [-0.39, 0.29) is 5.41 Å². The molecule has 2 N–H and O–H groups in total. The summed E-state index contributed by atoms with van der Waals surface area (Å²) in [5.74, 6) is 0.860. The fourth-order valence-corrected chi connectivity index (χ4v) is 2.24. The van der Waals surface area contributed by atoms with Crippen LogP contribution in [0.2, 0.25) is 0 Å². The summed E-state index contributed by atoms with van der Waals surface area (Å²) in [4.78, 5) is 9.22. The van der Waals surface area contributed by atoms with E-state index in [1.165, 1.54) is 0 Å². The highest BCUT2D eigenvalue weighted by Gasteiger charge is 2.18. The maximum Gasteiger partial charge on any atom is 0.129 e. The quantitative estimate of drug-likeness (QED) is 0.927. The fraction of sp³-hybridized carbons (Fsp3) is 0.375. The molecular formula is C16H20BrN3. The van der Waals surface area contributed by atoms with Gasteiger partial charge >= 0.3 is 0 Å². The first-order chi connectivity index (χ1) is 9.39. The molecule has 4 heteroatoms. The van der Waals surface area contributed by atoms with Crippen molar-refractivity contribution in [2.24, 2.45) is 11.1 Å². The van der Waals surface area contributed by atoms with Gasteiger partial charge in [0.05, 0.1) is 5.69 Å². The first kappa shape index (κ1) is 15.1. The number of halogens is 1. The normalized spacial score (nSPS) is 11.7. The largest absolute Gasteiger partial charge is 0.330 e. The summed E-state index contributed by atoms with van der Waals surface area (Å²) in [5.41, 5.74) is 8.87. The predicted molar refractivity (Wildman–Crippen MR) is 86.4 cm³/mol. The average Bonchev–Trinajstić information content (AvgIpc) is 2.38. The first-order valence-corrected chi connectivity index (χ1v) is 7.49. The Morgan fingerprint density at radius 2 is 1.80 bits per heavy atom. The molecule has 0 bridgehead atoms. The lowest BCUT2D eigenvalue weighted by molar-refractivity contribution is 0.367. The highest BCUT2D eigenvalue weighted by molar-refractivity contribution is 9.10. The van der Waals surface area contributed by atoms with Crippen LogP contribution in [0.3, 0.4) is 0 Å². The Morgan fingerprint density at radius 1 is 1.15 bits per heavy atom. The van der Waals surface area contributed by atoms with E-state index in [9.17, 15) is 0 Å². The SMILES string of the molecule is Cc1cc(-c2ccc(Br)cc2)nc(CC(C)(C)CN)n1. The smallest absolute Gasteiger partial charge is 0.129 e. The molecule has 0 amide bonds. The van der Waals surface area contributed by atoms with Crippen LogP contribution in [0, 0.1) is 12.3 Å². The molecule has 1 aromatic carbocycles. The molecule has 0 aliphatic heterocycles. The second-order valence-corrected chi connectivity index (χ2v) is 6.78. The summed E-state index contributed by atoms with van der Waals surface area (Å²) < 4.78 is 1.07. The van der Waals surface area contributed by atoms with Crippen LogP contribution in [0.5, 0.6) is 0 Å². The molecule has 0 spiro atoms. The molecule has 0 aliphatic carbocycles. The minimum absolute atomic E-state index is 0.0186. The molecule has 20 heavy (non-hydrogen) atoms. The fourth-order valence-electron chi connectivity index (χ4n) is 1.98. The maximum atomic E-state index is 5.80. The van der Waals surface area contributed by atoms with Crippen LogP contribution in [-0.4, -0.2) is 16.5 Å². The Labute approximate surface area is 128 Å². The second kappa shape index (κ2) is 6.02. The highest BCUT2D eigenvalue weighted by Crippen LogP contribution is 2.23. The molecule has 2 rings (SSSR count). The van der Waals surface area contributed by atoms with Gasteiger partial charge in [0.2, 0.25) is 0 Å². The first-order valence-electron chi connectivity index (χ1n) is 6.70. The van der Waals surface area contributed by atoms with E-state index in [0.29, 0.717) is 6.54 Å². The maximum absolute atomic E-state index is 5.80. The van der Waals surface area contributed by atoms with Crippen molar-refractivity contribution >= 4 is 15.9 Å². The molecule has 1 aromatic heterocycles. The highest BCUT2D eigenvalue weighted by atomic mass is 79.9. The Bertz CT molecular complexity index is 591. The third-order valence-electron chi connectivity index (χ3n) is 3.23. The van der Waals surface area contributed by atoms with Gasteiger partial charge in [-0.1, -0.05) is 41.9 Å². The minimum Gasteiger partial charge on any atom is -0.330 e. The van der Waals surface area contributed by atoms with Crippen LogP contribution in [0.15, 0.2) is 34.8 Å².